The molecule has 0 fully saturated rings. The van der Waals surface area contributed by atoms with Crippen LogP contribution in [0.3, 0.4) is 0 Å². The van der Waals surface area contributed by atoms with Crippen molar-refractivity contribution in [2.24, 2.45) is 4.99 Å². The van der Waals surface area contributed by atoms with Crippen molar-refractivity contribution < 1.29 is 8.42 Å². The second-order valence-electron chi connectivity index (χ2n) is 7.02. The predicted octanol–water partition coefficient (Wildman–Crippen LogP) is 2.51. The Kier molecular flexibility index (Phi) is 10.8. The number of benzene rings is 1. The zero-order chi connectivity index (χ0) is 21.4. The van der Waals surface area contributed by atoms with Gasteiger partial charge in [0.05, 0.1) is 17.1 Å². The molecule has 8 nitrogen and oxygen atoms in total. The molecule has 0 aliphatic rings. The monoisotopic (exact) mass is 548 g/mol. The van der Waals surface area contributed by atoms with Crippen molar-refractivity contribution in [2.45, 2.75) is 45.2 Å². The molecule has 1 aromatic carbocycles. The van der Waals surface area contributed by atoms with Crippen LogP contribution < -0.4 is 10.6 Å². The summed E-state index contributed by atoms with van der Waals surface area (Å²) in [5.74, 6) is 0.665. The molecule has 2 rings (SSSR count). The van der Waals surface area contributed by atoms with Crippen molar-refractivity contribution in [3.05, 3.63) is 47.3 Å². The van der Waals surface area contributed by atoms with Crippen molar-refractivity contribution in [1.82, 2.24) is 24.7 Å². The van der Waals surface area contributed by atoms with Crippen LogP contribution in [0, 0.1) is 13.8 Å². The zero-order valence-electron chi connectivity index (χ0n) is 18.3. The first kappa shape index (κ1) is 26.4. The molecule has 0 radical (unpaired) electrons. The molecule has 1 heterocycles. The number of aromatic nitrogens is 2. The largest absolute Gasteiger partial charge is 0.357 e. The minimum atomic E-state index is -3.51. The molecule has 0 amide bonds. The fourth-order valence-electron chi connectivity index (χ4n) is 2.93. The zero-order valence-corrected chi connectivity index (χ0v) is 21.5. The Morgan fingerprint density at radius 3 is 2.50 bits per heavy atom. The number of sulfonamides is 1. The standard InChI is InChI=1S/C20H32N6O2S.HI/c1-6-21-20(22-12-9-13-26-17(3)14-16(2)24-26)23-15-18-10-7-8-11-19(18)29(27,28)25(4)5;/h7-8,10-11,14H,6,9,12-13,15H2,1-5H3,(H2,21,22,23);1H. The highest BCUT2D eigenvalue weighted by Gasteiger charge is 2.20. The molecule has 0 unspecified atom stereocenters. The van der Waals surface area contributed by atoms with Crippen LogP contribution in [0.2, 0.25) is 0 Å². The normalized spacial score (nSPS) is 12.0. The molecule has 10 heteroatoms. The molecule has 0 bridgehead atoms. The maximum Gasteiger partial charge on any atom is 0.242 e. The summed E-state index contributed by atoms with van der Waals surface area (Å²) in [6.45, 7) is 8.61. The van der Waals surface area contributed by atoms with Crippen molar-refractivity contribution in [3.63, 3.8) is 0 Å². The maximum absolute atomic E-state index is 12.5. The third-order valence-corrected chi connectivity index (χ3v) is 6.34. The Hall–Kier alpha value is -1.66. The van der Waals surface area contributed by atoms with E-state index < -0.39 is 10.0 Å². The van der Waals surface area contributed by atoms with Gasteiger partial charge < -0.3 is 10.6 Å². The predicted molar refractivity (Wildman–Crippen MR) is 132 cm³/mol. The molecule has 0 spiro atoms. The lowest BCUT2D eigenvalue weighted by Gasteiger charge is -2.15. The summed E-state index contributed by atoms with van der Waals surface area (Å²) in [6, 6.07) is 9.04. The number of hydrogen-bond acceptors (Lipinski definition) is 4. The summed E-state index contributed by atoms with van der Waals surface area (Å²) < 4.78 is 28.3. The van der Waals surface area contributed by atoms with Gasteiger partial charge in [-0.3, -0.25) is 4.68 Å². The van der Waals surface area contributed by atoms with Gasteiger partial charge in [-0.2, -0.15) is 5.10 Å². The van der Waals surface area contributed by atoms with Crippen LogP contribution in [-0.2, 0) is 23.1 Å². The van der Waals surface area contributed by atoms with Gasteiger partial charge in [-0.05, 0) is 44.9 Å². The number of aryl methyl sites for hydroxylation is 3. The fraction of sp³-hybridized carbons (Fsp3) is 0.500. The third-order valence-electron chi connectivity index (χ3n) is 4.43. The summed E-state index contributed by atoms with van der Waals surface area (Å²) in [5, 5.41) is 11.0. The van der Waals surface area contributed by atoms with Crippen molar-refractivity contribution in [1.29, 1.82) is 0 Å². The SMILES string of the molecule is CCNC(=NCc1ccccc1S(=O)(=O)N(C)C)NCCCn1nc(C)cc1C.I. The number of hydrogen-bond donors (Lipinski definition) is 2. The quantitative estimate of drug-likeness (QED) is 0.218. The van der Waals surface area contributed by atoms with E-state index >= 15 is 0 Å². The Labute approximate surface area is 197 Å². The molecule has 1 aromatic heterocycles. The Balaban J connectivity index is 0.00000450. The molecule has 0 saturated heterocycles. The van der Waals surface area contributed by atoms with E-state index in [9.17, 15) is 8.42 Å². The van der Waals surface area contributed by atoms with Gasteiger partial charge >= 0.3 is 0 Å². The molecule has 0 atom stereocenters. The van der Waals surface area contributed by atoms with Crippen LogP contribution in [0.15, 0.2) is 40.2 Å². The number of nitrogens with zero attached hydrogens (tertiary/aromatic N) is 4. The van der Waals surface area contributed by atoms with Gasteiger partial charge in [0.25, 0.3) is 0 Å². The molecular formula is C20H33IN6O2S. The highest BCUT2D eigenvalue weighted by atomic mass is 127. The van der Waals surface area contributed by atoms with Crippen LogP contribution in [0.5, 0.6) is 0 Å². The molecular weight excluding hydrogens is 515 g/mol. The number of rotatable bonds is 9. The van der Waals surface area contributed by atoms with Gasteiger partial charge in [-0.1, -0.05) is 18.2 Å². The summed E-state index contributed by atoms with van der Waals surface area (Å²) in [7, 11) is -0.445. The fourth-order valence-corrected chi connectivity index (χ4v) is 4.03. The first-order valence-corrected chi connectivity index (χ1v) is 11.2. The third kappa shape index (κ3) is 7.24. The number of halogens is 1. The van der Waals surface area contributed by atoms with Crippen LogP contribution >= 0.6 is 24.0 Å². The van der Waals surface area contributed by atoms with E-state index in [1.807, 2.05) is 24.6 Å². The van der Waals surface area contributed by atoms with Crippen molar-refractivity contribution in [3.8, 4) is 0 Å². The van der Waals surface area contributed by atoms with Gasteiger partial charge in [-0.15, -0.1) is 24.0 Å². The number of aliphatic imine (C=N–C) groups is 1. The lowest BCUT2D eigenvalue weighted by atomic mass is 10.2. The second kappa shape index (κ2) is 12.3. The van der Waals surface area contributed by atoms with E-state index in [2.05, 4.69) is 33.7 Å². The number of nitrogens with one attached hydrogen (secondary N) is 2. The van der Waals surface area contributed by atoms with E-state index in [1.54, 1.807) is 18.2 Å². The first-order valence-electron chi connectivity index (χ1n) is 9.79. The van der Waals surface area contributed by atoms with Gasteiger partial charge in [-0.25, -0.2) is 17.7 Å². The Bertz CT molecular complexity index is 941. The second-order valence-corrected chi connectivity index (χ2v) is 9.14. The van der Waals surface area contributed by atoms with Crippen LogP contribution in [0.1, 0.15) is 30.3 Å². The highest BCUT2D eigenvalue weighted by Crippen LogP contribution is 2.19. The van der Waals surface area contributed by atoms with Crippen LogP contribution in [0.25, 0.3) is 0 Å². The smallest absolute Gasteiger partial charge is 0.242 e. The van der Waals surface area contributed by atoms with Gasteiger partial charge in [0.1, 0.15) is 0 Å². The molecule has 0 saturated carbocycles. The minimum Gasteiger partial charge on any atom is -0.357 e. The van der Waals surface area contributed by atoms with E-state index in [0.717, 1.165) is 37.4 Å². The van der Waals surface area contributed by atoms with E-state index in [0.29, 0.717) is 11.5 Å². The molecule has 2 aromatic rings. The highest BCUT2D eigenvalue weighted by molar-refractivity contribution is 14.0. The van der Waals surface area contributed by atoms with Gasteiger partial charge in [0.2, 0.25) is 10.0 Å². The van der Waals surface area contributed by atoms with Gasteiger partial charge in [0, 0.05) is 39.4 Å². The van der Waals surface area contributed by atoms with Crippen LogP contribution in [-0.4, -0.2) is 55.6 Å². The molecule has 168 valence electrons. The summed E-state index contributed by atoms with van der Waals surface area (Å²) >= 11 is 0. The summed E-state index contributed by atoms with van der Waals surface area (Å²) in [4.78, 5) is 4.86. The average molecular weight is 548 g/mol. The lowest BCUT2D eigenvalue weighted by Crippen LogP contribution is -2.38. The van der Waals surface area contributed by atoms with Crippen LogP contribution in [0.4, 0.5) is 0 Å². The number of guanidine groups is 1. The maximum atomic E-state index is 12.5. The summed E-state index contributed by atoms with van der Waals surface area (Å²) in [6.07, 6.45) is 0.901. The first-order chi connectivity index (χ1) is 13.8. The molecule has 0 aliphatic carbocycles. The topological polar surface area (TPSA) is 91.6 Å². The molecule has 30 heavy (non-hydrogen) atoms. The van der Waals surface area contributed by atoms with E-state index in [1.165, 1.54) is 18.4 Å². The van der Waals surface area contributed by atoms with E-state index in [4.69, 9.17) is 0 Å². The Morgan fingerprint density at radius 1 is 1.20 bits per heavy atom. The van der Waals surface area contributed by atoms with Crippen molar-refractivity contribution in [2.75, 3.05) is 27.2 Å². The Morgan fingerprint density at radius 2 is 1.90 bits per heavy atom. The van der Waals surface area contributed by atoms with Crippen molar-refractivity contribution >= 4 is 40.0 Å². The molecule has 2 N–H and O–H groups in total. The molecule has 0 aliphatic heterocycles. The average Bonchev–Trinajstić information content (AvgIpc) is 3.00. The minimum absolute atomic E-state index is 0. The lowest BCUT2D eigenvalue weighted by molar-refractivity contribution is 0.519. The summed E-state index contributed by atoms with van der Waals surface area (Å²) in [5.41, 5.74) is 2.85. The van der Waals surface area contributed by atoms with Gasteiger partial charge in [0.15, 0.2) is 5.96 Å². The van der Waals surface area contributed by atoms with E-state index in [-0.39, 0.29) is 35.4 Å².